The molecule has 1 aliphatic rings. The van der Waals surface area contributed by atoms with Crippen molar-refractivity contribution in [2.75, 3.05) is 14.2 Å². The summed E-state index contributed by atoms with van der Waals surface area (Å²) in [5.74, 6) is 0.795. The number of rotatable bonds is 6. The van der Waals surface area contributed by atoms with Crippen LogP contribution in [0.3, 0.4) is 0 Å². The standard InChI is InChI=1S/C21H24N2O3S/c1-22(16-7-6-8-16)15-19-18-13-14-23(20(18)11-12-21(19)26-2)27(24,25)17-9-4-3-5-10-17/h3-5,9-14,16H,6-8,15H2,1-2H3. The first-order valence-electron chi connectivity index (χ1n) is 9.20. The highest BCUT2D eigenvalue weighted by Gasteiger charge is 2.25. The van der Waals surface area contributed by atoms with E-state index in [1.54, 1.807) is 37.6 Å². The van der Waals surface area contributed by atoms with Crippen LogP contribution in [-0.4, -0.2) is 37.5 Å². The first kappa shape index (κ1) is 18.1. The van der Waals surface area contributed by atoms with Crippen LogP contribution in [0.5, 0.6) is 5.75 Å². The molecule has 1 aromatic heterocycles. The van der Waals surface area contributed by atoms with E-state index < -0.39 is 10.0 Å². The molecule has 2 aromatic carbocycles. The second kappa shape index (κ2) is 7.02. The van der Waals surface area contributed by atoms with Gasteiger partial charge in [0.2, 0.25) is 0 Å². The molecular formula is C21H24N2O3S. The van der Waals surface area contributed by atoms with Gasteiger partial charge in [-0.1, -0.05) is 24.6 Å². The minimum Gasteiger partial charge on any atom is -0.496 e. The maximum atomic E-state index is 13.1. The summed E-state index contributed by atoms with van der Waals surface area (Å²) in [7, 11) is 0.149. The van der Waals surface area contributed by atoms with Gasteiger partial charge in [0.25, 0.3) is 10.0 Å². The quantitative estimate of drug-likeness (QED) is 0.647. The molecule has 3 aromatic rings. The molecule has 0 saturated heterocycles. The number of fused-ring (bicyclic) bond motifs is 1. The number of methoxy groups -OCH3 is 1. The van der Waals surface area contributed by atoms with E-state index >= 15 is 0 Å². The number of nitrogens with zero attached hydrogens (tertiary/aromatic N) is 2. The molecule has 0 amide bonds. The number of hydrogen-bond donors (Lipinski definition) is 0. The molecule has 142 valence electrons. The first-order chi connectivity index (χ1) is 13.0. The lowest BCUT2D eigenvalue weighted by Crippen LogP contribution is -2.36. The fourth-order valence-electron chi connectivity index (χ4n) is 3.71. The van der Waals surface area contributed by atoms with Crippen LogP contribution in [0.1, 0.15) is 24.8 Å². The Morgan fingerprint density at radius 1 is 1.11 bits per heavy atom. The summed E-state index contributed by atoms with van der Waals surface area (Å²) in [5, 5.41) is 0.917. The third-order valence-electron chi connectivity index (χ3n) is 5.53. The van der Waals surface area contributed by atoms with Crippen LogP contribution < -0.4 is 4.74 Å². The second-order valence-corrected chi connectivity index (χ2v) is 8.92. The van der Waals surface area contributed by atoms with Gasteiger partial charge < -0.3 is 4.74 Å². The molecule has 1 fully saturated rings. The van der Waals surface area contributed by atoms with Gasteiger partial charge in [-0.3, -0.25) is 4.90 Å². The Morgan fingerprint density at radius 3 is 2.48 bits per heavy atom. The predicted molar refractivity (Wildman–Crippen MR) is 107 cm³/mol. The van der Waals surface area contributed by atoms with E-state index in [0.717, 1.165) is 23.2 Å². The first-order valence-corrected chi connectivity index (χ1v) is 10.6. The third-order valence-corrected chi connectivity index (χ3v) is 7.23. The number of aromatic nitrogens is 1. The molecule has 1 heterocycles. The van der Waals surface area contributed by atoms with E-state index in [1.807, 2.05) is 24.3 Å². The maximum absolute atomic E-state index is 13.1. The van der Waals surface area contributed by atoms with E-state index in [2.05, 4.69) is 11.9 Å². The van der Waals surface area contributed by atoms with Crippen molar-refractivity contribution in [3.05, 3.63) is 60.3 Å². The fourth-order valence-corrected chi connectivity index (χ4v) is 5.08. The summed E-state index contributed by atoms with van der Waals surface area (Å²) in [4.78, 5) is 2.62. The Morgan fingerprint density at radius 2 is 1.85 bits per heavy atom. The van der Waals surface area contributed by atoms with Gasteiger partial charge in [-0.25, -0.2) is 12.4 Å². The molecule has 4 rings (SSSR count). The SMILES string of the molecule is COc1ccc2c(ccn2S(=O)(=O)c2ccccc2)c1CN(C)C1CCC1. The molecule has 1 aliphatic carbocycles. The maximum Gasteiger partial charge on any atom is 0.268 e. The van der Waals surface area contributed by atoms with Crippen LogP contribution in [-0.2, 0) is 16.6 Å². The van der Waals surface area contributed by atoms with Gasteiger partial charge >= 0.3 is 0 Å². The van der Waals surface area contributed by atoms with Gasteiger partial charge in [0.15, 0.2) is 0 Å². The summed E-state index contributed by atoms with van der Waals surface area (Å²) in [6.07, 6.45) is 5.36. The molecule has 0 radical (unpaired) electrons. The van der Waals surface area contributed by atoms with Gasteiger partial charge in [0.05, 0.1) is 17.5 Å². The van der Waals surface area contributed by atoms with E-state index in [1.165, 1.54) is 23.2 Å². The van der Waals surface area contributed by atoms with E-state index in [9.17, 15) is 8.42 Å². The van der Waals surface area contributed by atoms with E-state index in [0.29, 0.717) is 11.6 Å². The van der Waals surface area contributed by atoms with Crippen LogP contribution >= 0.6 is 0 Å². The highest BCUT2D eigenvalue weighted by molar-refractivity contribution is 7.90. The Bertz CT molecular complexity index is 1050. The average Bonchev–Trinajstić information content (AvgIpc) is 3.06. The summed E-state index contributed by atoms with van der Waals surface area (Å²) in [6.45, 7) is 0.737. The van der Waals surface area contributed by atoms with Crippen LogP contribution in [0.25, 0.3) is 10.9 Å². The van der Waals surface area contributed by atoms with Crippen molar-refractivity contribution in [3.8, 4) is 5.75 Å². The molecule has 27 heavy (non-hydrogen) atoms. The summed E-state index contributed by atoms with van der Waals surface area (Å²) in [5.41, 5.74) is 1.71. The molecule has 0 unspecified atom stereocenters. The van der Waals surface area contributed by atoms with Crippen molar-refractivity contribution in [2.24, 2.45) is 0 Å². The van der Waals surface area contributed by atoms with Gasteiger partial charge in [-0.05, 0) is 50.2 Å². The van der Waals surface area contributed by atoms with Gasteiger partial charge in [0, 0.05) is 29.7 Å². The van der Waals surface area contributed by atoms with Crippen LogP contribution in [0.15, 0.2) is 59.6 Å². The van der Waals surface area contributed by atoms with E-state index in [-0.39, 0.29) is 4.90 Å². The fraction of sp³-hybridized carbons (Fsp3) is 0.333. The topological polar surface area (TPSA) is 51.5 Å². The van der Waals surface area contributed by atoms with Crippen LogP contribution in [0, 0.1) is 0 Å². The van der Waals surface area contributed by atoms with Crippen LogP contribution in [0.2, 0.25) is 0 Å². The van der Waals surface area contributed by atoms with Crippen molar-refractivity contribution < 1.29 is 13.2 Å². The van der Waals surface area contributed by atoms with E-state index in [4.69, 9.17) is 4.74 Å². The molecule has 0 aliphatic heterocycles. The molecule has 5 nitrogen and oxygen atoms in total. The monoisotopic (exact) mass is 384 g/mol. The second-order valence-electron chi connectivity index (χ2n) is 7.11. The Labute approximate surface area is 160 Å². The van der Waals surface area contributed by atoms with Gasteiger partial charge in [0.1, 0.15) is 5.75 Å². The highest BCUT2D eigenvalue weighted by atomic mass is 32.2. The summed E-state index contributed by atoms with van der Waals surface area (Å²) in [6, 6.07) is 14.7. The number of benzene rings is 2. The zero-order valence-electron chi connectivity index (χ0n) is 15.6. The average molecular weight is 385 g/mol. The van der Waals surface area contributed by atoms with Gasteiger partial charge in [-0.15, -0.1) is 0 Å². The molecular weight excluding hydrogens is 360 g/mol. The molecule has 0 N–H and O–H groups in total. The third kappa shape index (κ3) is 3.13. The lowest BCUT2D eigenvalue weighted by Gasteiger charge is -2.35. The Hall–Kier alpha value is -2.31. The molecule has 0 spiro atoms. The lowest BCUT2D eigenvalue weighted by molar-refractivity contribution is 0.152. The minimum absolute atomic E-state index is 0.284. The van der Waals surface area contributed by atoms with Crippen molar-refractivity contribution in [1.29, 1.82) is 0 Å². The summed E-state index contributed by atoms with van der Waals surface area (Å²) < 4.78 is 33.1. The van der Waals surface area contributed by atoms with Crippen molar-refractivity contribution in [3.63, 3.8) is 0 Å². The highest BCUT2D eigenvalue weighted by Crippen LogP contribution is 2.33. The molecule has 1 saturated carbocycles. The lowest BCUT2D eigenvalue weighted by atomic mass is 9.91. The zero-order valence-corrected chi connectivity index (χ0v) is 16.4. The van der Waals surface area contributed by atoms with Crippen molar-refractivity contribution >= 4 is 20.9 Å². The molecule has 0 atom stereocenters. The number of hydrogen-bond acceptors (Lipinski definition) is 4. The molecule has 6 heteroatoms. The number of ether oxygens (including phenoxy) is 1. The Kier molecular flexibility index (Phi) is 4.70. The normalized spacial score (nSPS) is 15.2. The van der Waals surface area contributed by atoms with Crippen LogP contribution in [0.4, 0.5) is 0 Å². The van der Waals surface area contributed by atoms with Crippen molar-refractivity contribution in [1.82, 2.24) is 8.87 Å². The predicted octanol–water partition coefficient (Wildman–Crippen LogP) is 3.87. The largest absolute Gasteiger partial charge is 0.496 e. The minimum atomic E-state index is -3.63. The molecule has 0 bridgehead atoms. The van der Waals surface area contributed by atoms with Crippen molar-refractivity contribution in [2.45, 2.75) is 36.7 Å². The van der Waals surface area contributed by atoms with Gasteiger partial charge in [-0.2, -0.15) is 0 Å². The Balaban J connectivity index is 1.80. The smallest absolute Gasteiger partial charge is 0.268 e. The zero-order chi connectivity index (χ0) is 19.0. The summed E-state index contributed by atoms with van der Waals surface area (Å²) >= 11 is 0.